The lowest BCUT2D eigenvalue weighted by atomic mass is 10.1. The molecule has 24 heavy (non-hydrogen) atoms. The number of aromatic nitrogens is 1. The lowest BCUT2D eigenvalue weighted by Gasteiger charge is -1.92. The first kappa shape index (κ1) is 15.7. The fourth-order valence-electron chi connectivity index (χ4n) is 2.34. The van der Waals surface area contributed by atoms with Gasteiger partial charge in [0.05, 0.1) is 5.52 Å². The minimum absolute atomic E-state index is 1.06. The minimum Gasteiger partial charge on any atom is -0.256 e. The van der Waals surface area contributed by atoms with Crippen LogP contribution in [0.1, 0.15) is 11.1 Å². The van der Waals surface area contributed by atoms with Gasteiger partial charge in [-0.1, -0.05) is 97.1 Å². The topological polar surface area (TPSA) is 12.9 Å². The Hall–Kier alpha value is -3.19. The summed E-state index contributed by atoms with van der Waals surface area (Å²) in [5.74, 6) is 0. The van der Waals surface area contributed by atoms with Crippen LogP contribution in [-0.4, -0.2) is 4.98 Å². The van der Waals surface area contributed by atoms with Crippen molar-refractivity contribution in [2.45, 2.75) is 0 Å². The Labute approximate surface area is 142 Å². The standard InChI is InChI=1S/C14H12.C9H7N/c1-3-7-13(8-4-1)11-12-14-9-5-2-6-10-14;1-2-6-9-8(4-1)5-3-7-10-9/h1-12H;1-7H. The second-order valence-corrected chi connectivity index (χ2v) is 5.35. The summed E-state index contributed by atoms with van der Waals surface area (Å²) >= 11 is 0. The van der Waals surface area contributed by atoms with Gasteiger partial charge in [-0.3, -0.25) is 4.98 Å². The molecular weight excluding hydrogens is 290 g/mol. The van der Waals surface area contributed by atoms with Crippen molar-refractivity contribution in [2.75, 3.05) is 0 Å². The predicted octanol–water partition coefficient (Wildman–Crippen LogP) is 6.09. The van der Waals surface area contributed by atoms with Crippen LogP contribution in [-0.2, 0) is 0 Å². The molecule has 116 valence electrons. The van der Waals surface area contributed by atoms with Crippen molar-refractivity contribution in [3.8, 4) is 0 Å². The molecule has 0 spiro atoms. The van der Waals surface area contributed by atoms with Gasteiger partial charge in [0.1, 0.15) is 0 Å². The van der Waals surface area contributed by atoms with Gasteiger partial charge in [0.15, 0.2) is 0 Å². The van der Waals surface area contributed by atoms with Crippen LogP contribution < -0.4 is 0 Å². The van der Waals surface area contributed by atoms with Crippen LogP contribution in [0.4, 0.5) is 0 Å². The summed E-state index contributed by atoms with van der Waals surface area (Å²) in [7, 11) is 0. The summed E-state index contributed by atoms with van der Waals surface area (Å²) in [5, 5.41) is 1.20. The fourth-order valence-corrected chi connectivity index (χ4v) is 2.34. The Morgan fingerprint density at radius 1 is 0.500 bits per heavy atom. The number of pyridine rings is 1. The van der Waals surface area contributed by atoms with E-state index in [9.17, 15) is 0 Å². The SMILES string of the molecule is C(=Cc1ccccc1)c1ccccc1.c1ccc2ncccc2c1. The van der Waals surface area contributed by atoms with Crippen molar-refractivity contribution >= 4 is 23.1 Å². The van der Waals surface area contributed by atoms with Crippen LogP contribution >= 0.6 is 0 Å². The monoisotopic (exact) mass is 309 g/mol. The van der Waals surface area contributed by atoms with E-state index >= 15 is 0 Å². The Bertz CT molecular complexity index is 789. The summed E-state index contributed by atoms with van der Waals surface area (Å²) in [5.41, 5.74) is 3.53. The average molecular weight is 309 g/mol. The molecule has 0 atom stereocenters. The van der Waals surface area contributed by atoms with Crippen LogP contribution in [0.3, 0.4) is 0 Å². The highest BCUT2D eigenvalue weighted by molar-refractivity contribution is 5.77. The van der Waals surface area contributed by atoms with E-state index in [0.29, 0.717) is 0 Å². The molecule has 1 aromatic heterocycles. The van der Waals surface area contributed by atoms with E-state index in [1.807, 2.05) is 66.9 Å². The smallest absolute Gasteiger partial charge is 0.0701 e. The highest BCUT2D eigenvalue weighted by Gasteiger charge is 1.87. The van der Waals surface area contributed by atoms with Gasteiger partial charge >= 0.3 is 0 Å². The Morgan fingerprint density at radius 3 is 1.58 bits per heavy atom. The molecule has 1 nitrogen and oxygen atoms in total. The number of rotatable bonds is 2. The molecule has 0 N–H and O–H groups in total. The van der Waals surface area contributed by atoms with Gasteiger partial charge in [0.2, 0.25) is 0 Å². The van der Waals surface area contributed by atoms with E-state index in [2.05, 4.69) is 53.5 Å². The Morgan fingerprint density at radius 2 is 1.00 bits per heavy atom. The highest BCUT2D eigenvalue weighted by Crippen LogP contribution is 2.08. The molecule has 1 heterocycles. The van der Waals surface area contributed by atoms with Crippen molar-refractivity contribution in [3.05, 3.63) is 114 Å². The summed E-state index contributed by atoms with van der Waals surface area (Å²) in [6.07, 6.45) is 6.05. The van der Waals surface area contributed by atoms with Gasteiger partial charge < -0.3 is 0 Å². The molecule has 0 amide bonds. The van der Waals surface area contributed by atoms with Gasteiger partial charge in [0.25, 0.3) is 0 Å². The van der Waals surface area contributed by atoms with E-state index in [1.54, 1.807) is 0 Å². The molecule has 0 bridgehead atoms. The predicted molar refractivity (Wildman–Crippen MR) is 104 cm³/mol. The normalized spacial score (nSPS) is 10.3. The molecule has 0 radical (unpaired) electrons. The van der Waals surface area contributed by atoms with Crippen molar-refractivity contribution in [1.82, 2.24) is 4.98 Å². The number of nitrogens with zero attached hydrogens (tertiary/aromatic N) is 1. The maximum atomic E-state index is 4.18. The molecule has 0 unspecified atom stereocenters. The van der Waals surface area contributed by atoms with Gasteiger partial charge in [-0.05, 0) is 23.3 Å². The number of hydrogen-bond acceptors (Lipinski definition) is 1. The van der Waals surface area contributed by atoms with Crippen LogP contribution in [0.2, 0.25) is 0 Å². The Kier molecular flexibility index (Phi) is 5.52. The largest absolute Gasteiger partial charge is 0.256 e. The van der Waals surface area contributed by atoms with E-state index in [1.165, 1.54) is 16.5 Å². The molecular formula is C23H19N. The van der Waals surface area contributed by atoms with E-state index in [4.69, 9.17) is 0 Å². The zero-order valence-corrected chi connectivity index (χ0v) is 13.4. The van der Waals surface area contributed by atoms with E-state index in [0.717, 1.165) is 5.52 Å². The van der Waals surface area contributed by atoms with E-state index < -0.39 is 0 Å². The first-order valence-electron chi connectivity index (χ1n) is 8.00. The van der Waals surface area contributed by atoms with Crippen LogP contribution in [0.5, 0.6) is 0 Å². The molecule has 4 rings (SSSR count). The molecule has 0 fully saturated rings. The highest BCUT2D eigenvalue weighted by atomic mass is 14.6. The third-order valence-corrected chi connectivity index (χ3v) is 3.58. The molecule has 0 aliphatic heterocycles. The lowest BCUT2D eigenvalue weighted by molar-refractivity contribution is 1.41. The van der Waals surface area contributed by atoms with Crippen LogP contribution in [0, 0.1) is 0 Å². The molecule has 4 aromatic rings. The van der Waals surface area contributed by atoms with Crippen molar-refractivity contribution in [1.29, 1.82) is 0 Å². The van der Waals surface area contributed by atoms with E-state index in [-0.39, 0.29) is 0 Å². The molecule has 0 aliphatic carbocycles. The van der Waals surface area contributed by atoms with Crippen molar-refractivity contribution < 1.29 is 0 Å². The average Bonchev–Trinajstić information content (AvgIpc) is 2.69. The van der Waals surface area contributed by atoms with Gasteiger partial charge in [-0.2, -0.15) is 0 Å². The third kappa shape index (κ3) is 4.65. The van der Waals surface area contributed by atoms with Crippen molar-refractivity contribution in [2.24, 2.45) is 0 Å². The minimum atomic E-state index is 1.06. The van der Waals surface area contributed by atoms with Crippen molar-refractivity contribution in [3.63, 3.8) is 0 Å². The molecule has 0 aliphatic rings. The first-order chi connectivity index (χ1) is 11.9. The molecule has 0 saturated heterocycles. The van der Waals surface area contributed by atoms with Gasteiger partial charge in [0, 0.05) is 11.6 Å². The molecule has 3 aromatic carbocycles. The van der Waals surface area contributed by atoms with Crippen LogP contribution in [0.15, 0.2) is 103 Å². The Balaban J connectivity index is 0.000000149. The third-order valence-electron chi connectivity index (χ3n) is 3.58. The van der Waals surface area contributed by atoms with Gasteiger partial charge in [-0.25, -0.2) is 0 Å². The molecule has 0 saturated carbocycles. The number of para-hydroxylation sites is 1. The summed E-state index contributed by atoms with van der Waals surface area (Å²) in [6, 6.07) is 32.7. The summed E-state index contributed by atoms with van der Waals surface area (Å²) in [4.78, 5) is 4.18. The zero-order valence-electron chi connectivity index (χ0n) is 13.4. The number of hydrogen-bond donors (Lipinski definition) is 0. The lowest BCUT2D eigenvalue weighted by Crippen LogP contribution is -1.73. The number of fused-ring (bicyclic) bond motifs is 1. The quantitative estimate of drug-likeness (QED) is 0.408. The summed E-state index contributed by atoms with van der Waals surface area (Å²) < 4.78 is 0. The first-order valence-corrected chi connectivity index (χ1v) is 8.00. The fraction of sp³-hybridized carbons (Fsp3) is 0. The maximum absolute atomic E-state index is 4.18. The maximum Gasteiger partial charge on any atom is 0.0701 e. The zero-order chi connectivity index (χ0) is 16.5. The second-order valence-electron chi connectivity index (χ2n) is 5.35. The second kappa shape index (κ2) is 8.44. The van der Waals surface area contributed by atoms with Gasteiger partial charge in [-0.15, -0.1) is 0 Å². The van der Waals surface area contributed by atoms with Crippen LogP contribution in [0.25, 0.3) is 23.1 Å². The summed E-state index contributed by atoms with van der Waals surface area (Å²) in [6.45, 7) is 0. The molecule has 1 heteroatoms. The number of benzene rings is 3.